The van der Waals surface area contributed by atoms with Gasteiger partial charge in [0.05, 0.1) is 23.0 Å². The van der Waals surface area contributed by atoms with Crippen LogP contribution >= 0.6 is 11.6 Å². The Hall–Kier alpha value is -3.08. The molecule has 0 unspecified atom stereocenters. The predicted octanol–water partition coefficient (Wildman–Crippen LogP) is 5.40. The molecule has 34 heavy (non-hydrogen) atoms. The molecule has 1 aliphatic rings. The van der Waals surface area contributed by atoms with E-state index >= 15 is 0 Å². The topological polar surface area (TPSA) is 51.0 Å². The molecule has 4 rings (SSSR count). The van der Waals surface area contributed by atoms with Crippen LogP contribution in [0.3, 0.4) is 0 Å². The fourth-order valence-corrected chi connectivity index (χ4v) is 4.13. The van der Waals surface area contributed by atoms with Crippen LogP contribution in [0.5, 0.6) is 0 Å². The van der Waals surface area contributed by atoms with Crippen LogP contribution in [-0.4, -0.2) is 31.9 Å². The minimum Gasteiger partial charge on any atom is -0.335 e. The largest absolute Gasteiger partial charge is 0.449 e. The number of rotatable bonds is 5. The normalized spacial score (nSPS) is 13.8. The van der Waals surface area contributed by atoms with E-state index in [1.165, 1.54) is 23.4 Å². The number of aromatic nitrogens is 3. The molecule has 1 aliphatic heterocycles. The quantitative estimate of drug-likeness (QED) is 0.347. The van der Waals surface area contributed by atoms with Gasteiger partial charge < -0.3 is 9.47 Å². The molecule has 0 bridgehead atoms. The SMILES string of the molecule is O=C(CCCc1cc(F)c(F)cc1F)N1CCn2c(C(F)(F)F)nc(-c3ccncc3Cl)c2C1. The number of fused-ring (bicyclic) bond motifs is 1. The maximum Gasteiger partial charge on any atom is 0.449 e. The van der Waals surface area contributed by atoms with Crippen LogP contribution in [0.15, 0.2) is 30.6 Å². The number of carbonyl (C=O) groups excluding carboxylic acids is 1. The van der Waals surface area contributed by atoms with Gasteiger partial charge in [0.2, 0.25) is 11.7 Å². The van der Waals surface area contributed by atoms with E-state index < -0.39 is 29.5 Å². The first-order valence-electron chi connectivity index (χ1n) is 10.2. The second kappa shape index (κ2) is 9.28. The third kappa shape index (κ3) is 4.75. The first kappa shape index (κ1) is 24.1. The molecule has 1 aromatic carbocycles. The highest BCUT2D eigenvalue weighted by atomic mass is 35.5. The number of alkyl halides is 3. The van der Waals surface area contributed by atoms with Gasteiger partial charge in [0, 0.05) is 43.5 Å². The molecule has 0 N–H and O–H groups in total. The van der Waals surface area contributed by atoms with E-state index in [0.717, 1.165) is 10.6 Å². The van der Waals surface area contributed by atoms with Crippen LogP contribution in [0.4, 0.5) is 26.3 Å². The molecule has 0 saturated carbocycles. The zero-order chi connectivity index (χ0) is 24.6. The highest BCUT2D eigenvalue weighted by molar-refractivity contribution is 6.33. The maximum atomic E-state index is 13.8. The number of pyridine rings is 1. The fourth-order valence-electron chi connectivity index (χ4n) is 3.92. The second-order valence-electron chi connectivity index (χ2n) is 7.76. The molecule has 3 heterocycles. The first-order valence-corrected chi connectivity index (χ1v) is 10.6. The van der Waals surface area contributed by atoms with Crippen molar-refractivity contribution in [2.75, 3.05) is 6.54 Å². The first-order chi connectivity index (χ1) is 16.1. The van der Waals surface area contributed by atoms with Gasteiger partial charge in [-0.25, -0.2) is 18.2 Å². The molecule has 3 aromatic rings. The van der Waals surface area contributed by atoms with Gasteiger partial charge >= 0.3 is 6.18 Å². The van der Waals surface area contributed by atoms with E-state index in [4.69, 9.17) is 11.6 Å². The van der Waals surface area contributed by atoms with Gasteiger partial charge in [-0.3, -0.25) is 9.78 Å². The average Bonchev–Trinajstić information content (AvgIpc) is 3.16. The van der Waals surface area contributed by atoms with Crippen LogP contribution in [0, 0.1) is 17.5 Å². The summed E-state index contributed by atoms with van der Waals surface area (Å²) in [7, 11) is 0. The summed E-state index contributed by atoms with van der Waals surface area (Å²) in [6, 6.07) is 2.64. The van der Waals surface area contributed by atoms with E-state index in [0.29, 0.717) is 6.07 Å². The molecule has 180 valence electrons. The number of benzene rings is 1. The van der Waals surface area contributed by atoms with Crippen molar-refractivity contribution in [1.29, 1.82) is 0 Å². The zero-order valence-electron chi connectivity index (χ0n) is 17.5. The number of aryl methyl sites for hydroxylation is 1. The molecule has 2 aromatic heterocycles. The van der Waals surface area contributed by atoms with Crippen LogP contribution in [-0.2, 0) is 30.5 Å². The summed E-state index contributed by atoms with van der Waals surface area (Å²) in [4.78, 5) is 21.7. The number of nitrogens with zero attached hydrogens (tertiary/aromatic N) is 4. The van der Waals surface area contributed by atoms with Gasteiger partial charge in [0.15, 0.2) is 11.6 Å². The standard InChI is InChI=1S/C22H17ClF6N4O/c23-14-10-30-5-4-13(14)20-18-11-32(6-7-33(18)21(31-20)22(27,28)29)19(34)3-1-2-12-8-16(25)17(26)9-15(12)24/h4-5,8-10H,1-3,6-7,11H2. The molecule has 0 spiro atoms. The number of amides is 1. The fraction of sp³-hybridized carbons (Fsp3) is 0.318. The van der Waals surface area contributed by atoms with Crippen molar-refractivity contribution in [3.8, 4) is 11.3 Å². The Morgan fingerprint density at radius 2 is 1.82 bits per heavy atom. The molecule has 1 amide bonds. The predicted molar refractivity (Wildman–Crippen MR) is 110 cm³/mol. The molecular weight excluding hydrogens is 486 g/mol. The van der Waals surface area contributed by atoms with E-state index in [1.807, 2.05) is 0 Å². The molecule has 0 atom stereocenters. The summed E-state index contributed by atoms with van der Waals surface area (Å²) in [5.74, 6) is -4.84. The van der Waals surface area contributed by atoms with Crippen molar-refractivity contribution in [3.05, 3.63) is 70.1 Å². The monoisotopic (exact) mass is 502 g/mol. The molecule has 12 heteroatoms. The molecule has 0 saturated heterocycles. The number of hydrogen-bond acceptors (Lipinski definition) is 3. The van der Waals surface area contributed by atoms with Gasteiger partial charge in [-0.2, -0.15) is 13.2 Å². The third-order valence-corrected chi connectivity index (χ3v) is 5.87. The smallest absolute Gasteiger partial charge is 0.335 e. The number of imidazole rings is 1. The Morgan fingerprint density at radius 3 is 2.53 bits per heavy atom. The number of hydrogen-bond donors (Lipinski definition) is 0. The lowest BCUT2D eigenvalue weighted by atomic mass is 10.1. The maximum absolute atomic E-state index is 13.8. The van der Waals surface area contributed by atoms with E-state index in [2.05, 4.69) is 9.97 Å². The minimum absolute atomic E-state index is 0.00333. The summed E-state index contributed by atoms with van der Waals surface area (Å²) in [5.41, 5.74) is 0.402. The lowest BCUT2D eigenvalue weighted by Gasteiger charge is -2.30. The van der Waals surface area contributed by atoms with Crippen LogP contribution < -0.4 is 0 Å². The van der Waals surface area contributed by atoms with Crippen molar-refractivity contribution in [1.82, 2.24) is 19.4 Å². The lowest BCUT2D eigenvalue weighted by Crippen LogP contribution is -2.39. The molecule has 0 aliphatic carbocycles. The molecular formula is C22H17ClF6N4O. The zero-order valence-corrected chi connectivity index (χ0v) is 18.2. The van der Waals surface area contributed by atoms with Crippen LogP contribution in [0.1, 0.15) is 29.9 Å². The molecule has 5 nitrogen and oxygen atoms in total. The molecule has 0 fully saturated rings. The molecule has 0 radical (unpaired) electrons. The summed E-state index contributed by atoms with van der Waals surface area (Å²) in [6.07, 6.45) is -1.94. The van der Waals surface area contributed by atoms with Crippen molar-refractivity contribution in [2.24, 2.45) is 0 Å². The van der Waals surface area contributed by atoms with Gasteiger partial charge in [0.1, 0.15) is 5.82 Å². The van der Waals surface area contributed by atoms with Gasteiger partial charge in [0.25, 0.3) is 0 Å². The summed E-state index contributed by atoms with van der Waals surface area (Å²) in [5, 5.41) is 0.120. The van der Waals surface area contributed by atoms with Crippen LogP contribution in [0.2, 0.25) is 5.02 Å². The highest BCUT2D eigenvalue weighted by Crippen LogP contribution is 2.37. The Labute approximate surface area is 195 Å². The van der Waals surface area contributed by atoms with Crippen molar-refractivity contribution in [3.63, 3.8) is 0 Å². The number of halogens is 7. The van der Waals surface area contributed by atoms with Gasteiger partial charge in [-0.05, 0) is 30.5 Å². The summed E-state index contributed by atoms with van der Waals surface area (Å²) < 4.78 is 82.0. The van der Waals surface area contributed by atoms with Crippen LogP contribution in [0.25, 0.3) is 11.3 Å². The van der Waals surface area contributed by atoms with Crippen molar-refractivity contribution in [2.45, 2.75) is 38.5 Å². The van der Waals surface area contributed by atoms with E-state index in [9.17, 15) is 31.1 Å². The van der Waals surface area contributed by atoms with Crippen molar-refractivity contribution >= 4 is 17.5 Å². The Bertz CT molecular complexity index is 1240. The van der Waals surface area contributed by atoms with E-state index in [-0.39, 0.29) is 72.3 Å². The Balaban J connectivity index is 1.52. The third-order valence-electron chi connectivity index (χ3n) is 5.57. The van der Waals surface area contributed by atoms with Crippen molar-refractivity contribution < 1.29 is 31.1 Å². The van der Waals surface area contributed by atoms with E-state index in [1.54, 1.807) is 0 Å². The Morgan fingerprint density at radius 1 is 1.09 bits per heavy atom. The second-order valence-corrected chi connectivity index (χ2v) is 8.17. The number of carbonyl (C=O) groups is 1. The Kier molecular flexibility index (Phi) is 6.57. The average molecular weight is 503 g/mol. The van der Waals surface area contributed by atoms with Gasteiger partial charge in [-0.1, -0.05) is 11.6 Å². The summed E-state index contributed by atoms with van der Waals surface area (Å²) in [6.45, 7) is -0.229. The highest BCUT2D eigenvalue weighted by Gasteiger charge is 2.41. The van der Waals surface area contributed by atoms with Gasteiger partial charge in [-0.15, -0.1) is 0 Å². The summed E-state index contributed by atoms with van der Waals surface area (Å²) >= 11 is 6.13. The lowest BCUT2D eigenvalue weighted by molar-refractivity contribution is -0.148. The minimum atomic E-state index is -4.70.